The van der Waals surface area contributed by atoms with E-state index in [1.54, 1.807) is 41.3 Å². The standard InChI is InChI=1S/C25H31N3O6S/c1-17(29)28-13-5-6-18-14-21(9-10-22(18)28)35(31,32)27-12-4-7-19(16-27)25(30)26-20-8-11-23(33-2)24(15-20)34-3/h8-11,14-15,19H,4-7,12-13,16H2,1-3H3,(H,26,30)/t19-/m1/s1. The second-order valence-electron chi connectivity index (χ2n) is 8.83. The van der Waals surface area contributed by atoms with Crippen molar-refractivity contribution in [2.24, 2.45) is 5.92 Å². The van der Waals surface area contributed by atoms with Crippen molar-refractivity contribution in [3.05, 3.63) is 42.0 Å². The van der Waals surface area contributed by atoms with Crippen LogP contribution in [-0.2, 0) is 26.0 Å². The molecule has 188 valence electrons. The van der Waals surface area contributed by atoms with Crippen LogP contribution in [0.15, 0.2) is 41.3 Å². The zero-order chi connectivity index (χ0) is 25.2. The number of nitrogens with zero attached hydrogens (tertiary/aromatic N) is 2. The van der Waals surface area contributed by atoms with Gasteiger partial charge in [-0.1, -0.05) is 0 Å². The molecule has 1 atom stereocenters. The van der Waals surface area contributed by atoms with Crippen molar-refractivity contribution < 1.29 is 27.5 Å². The second kappa shape index (κ2) is 10.2. The first kappa shape index (κ1) is 25.0. The van der Waals surface area contributed by atoms with Gasteiger partial charge in [-0.25, -0.2) is 8.42 Å². The van der Waals surface area contributed by atoms with Crippen molar-refractivity contribution in [2.45, 2.75) is 37.5 Å². The van der Waals surface area contributed by atoms with Crippen molar-refractivity contribution in [1.29, 1.82) is 0 Å². The third-order valence-corrected chi connectivity index (χ3v) is 8.45. The molecule has 4 rings (SSSR count). The quantitative estimate of drug-likeness (QED) is 0.652. The molecule has 0 aliphatic carbocycles. The highest BCUT2D eigenvalue weighted by Crippen LogP contribution is 2.33. The number of anilines is 2. The molecule has 1 N–H and O–H groups in total. The number of rotatable bonds is 6. The number of piperidine rings is 1. The van der Waals surface area contributed by atoms with Crippen molar-refractivity contribution in [1.82, 2.24) is 4.31 Å². The summed E-state index contributed by atoms with van der Waals surface area (Å²) in [6.45, 7) is 2.62. The van der Waals surface area contributed by atoms with E-state index in [0.29, 0.717) is 43.1 Å². The number of methoxy groups -OCH3 is 2. The van der Waals surface area contributed by atoms with Gasteiger partial charge < -0.3 is 19.7 Å². The molecule has 2 aliphatic heterocycles. The summed E-state index contributed by atoms with van der Waals surface area (Å²) in [5.74, 6) is 0.281. The summed E-state index contributed by atoms with van der Waals surface area (Å²) < 4.78 is 38.8. The minimum Gasteiger partial charge on any atom is -0.493 e. The number of fused-ring (bicyclic) bond motifs is 1. The smallest absolute Gasteiger partial charge is 0.243 e. The molecule has 2 aromatic carbocycles. The topological polar surface area (TPSA) is 105 Å². The molecule has 2 amide bonds. The summed E-state index contributed by atoms with van der Waals surface area (Å²) in [6.07, 6.45) is 2.70. The Morgan fingerprint density at radius 3 is 2.49 bits per heavy atom. The molecule has 2 aromatic rings. The number of sulfonamides is 1. The minimum atomic E-state index is -3.78. The molecular formula is C25H31N3O6S. The van der Waals surface area contributed by atoms with Crippen LogP contribution >= 0.6 is 0 Å². The molecule has 1 fully saturated rings. The average Bonchev–Trinajstić information content (AvgIpc) is 2.87. The Morgan fingerprint density at radius 2 is 1.77 bits per heavy atom. The first-order valence-electron chi connectivity index (χ1n) is 11.7. The van der Waals surface area contributed by atoms with Crippen LogP contribution in [0, 0.1) is 5.92 Å². The first-order chi connectivity index (χ1) is 16.7. The van der Waals surface area contributed by atoms with Crippen LogP contribution in [0.1, 0.15) is 31.7 Å². The van der Waals surface area contributed by atoms with E-state index in [-0.39, 0.29) is 23.3 Å². The minimum absolute atomic E-state index is 0.0547. The maximum atomic E-state index is 13.5. The summed E-state index contributed by atoms with van der Waals surface area (Å²) in [5, 5.41) is 2.87. The Labute approximate surface area is 206 Å². The van der Waals surface area contributed by atoms with E-state index in [0.717, 1.165) is 24.1 Å². The van der Waals surface area contributed by atoms with Gasteiger partial charge in [0.2, 0.25) is 21.8 Å². The summed E-state index contributed by atoms with van der Waals surface area (Å²) >= 11 is 0. The maximum absolute atomic E-state index is 13.5. The van der Waals surface area contributed by atoms with E-state index in [9.17, 15) is 18.0 Å². The Balaban J connectivity index is 1.49. The third-order valence-electron chi connectivity index (χ3n) is 6.59. The molecule has 0 saturated carbocycles. The molecule has 0 unspecified atom stereocenters. The van der Waals surface area contributed by atoms with Crippen LogP contribution < -0.4 is 19.7 Å². The fourth-order valence-corrected chi connectivity index (χ4v) is 6.32. The van der Waals surface area contributed by atoms with Crippen LogP contribution in [0.25, 0.3) is 0 Å². The number of amides is 2. The van der Waals surface area contributed by atoms with Gasteiger partial charge in [-0.15, -0.1) is 0 Å². The lowest BCUT2D eigenvalue weighted by molar-refractivity contribution is -0.121. The molecule has 0 spiro atoms. The van der Waals surface area contributed by atoms with Gasteiger partial charge in [0.15, 0.2) is 11.5 Å². The van der Waals surface area contributed by atoms with Gasteiger partial charge in [-0.2, -0.15) is 4.31 Å². The van der Waals surface area contributed by atoms with E-state index < -0.39 is 15.9 Å². The van der Waals surface area contributed by atoms with Crippen molar-refractivity contribution in [2.75, 3.05) is 44.1 Å². The number of aryl methyl sites for hydroxylation is 1. The predicted octanol–water partition coefficient (Wildman–Crippen LogP) is 3.04. The second-order valence-corrected chi connectivity index (χ2v) is 10.8. The molecule has 9 nitrogen and oxygen atoms in total. The maximum Gasteiger partial charge on any atom is 0.243 e. The number of ether oxygens (including phenoxy) is 2. The van der Waals surface area contributed by atoms with Crippen molar-refractivity contribution in [3.8, 4) is 11.5 Å². The lowest BCUT2D eigenvalue weighted by Gasteiger charge is -2.32. The fourth-order valence-electron chi connectivity index (χ4n) is 4.74. The van der Waals surface area contributed by atoms with Crippen LogP contribution in [-0.4, -0.2) is 58.4 Å². The van der Waals surface area contributed by atoms with Gasteiger partial charge in [0, 0.05) is 44.0 Å². The number of carbonyl (C=O) groups is 2. The summed E-state index contributed by atoms with van der Waals surface area (Å²) in [5.41, 5.74) is 2.18. The normalized spacial score (nSPS) is 18.5. The summed E-state index contributed by atoms with van der Waals surface area (Å²) in [4.78, 5) is 26.8. The number of hydrogen-bond acceptors (Lipinski definition) is 6. The van der Waals surface area contributed by atoms with Crippen LogP contribution in [0.2, 0.25) is 0 Å². The number of nitrogens with one attached hydrogen (secondary N) is 1. The van der Waals surface area contributed by atoms with Crippen molar-refractivity contribution in [3.63, 3.8) is 0 Å². The fraction of sp³-hybridized carbons (Fsp3) is 0.440. The van der Waals surface area contributed by atoms with Gasteiger partial charge in [0.1, 0.15) is 0 Å². The molecule has 1 saturated heterocycles. The molecule has 0 bridgehead atoms. The molecular weight excluding hydrogens is 470 g/mol. The largest absolute Gasteiger partial charge is 0.493 e. The lowest BCUT2D eigenvalue weighted by atomic mass is 9.98. The Bertz CT molecular complexity index is 1230. The first-order valence-corrected chi connectivity index (χ1v) is 13.1. The van der Waals surface area contributed by atoms with Gasteiger partial charge >= 0.3 is 0 Å². The highest BCUT2D eigenvalue weighted by molar-refractivity contribution is 7.89. The van der Waals surface area contributed by atoms with Crippen LogP contribution in [0.3, 0.4) is 0 Å². The number of hydrogen-bond donors (Lipinski definition) is 1. The molecule has 2 heterocycles. The Hall–Kier alpha value is -3.11. The number of carbonyl (C=O) groups excluding carboxylic acids is 2. The zero-order valence-corrected chi connectivity index (χ0v) is 21.1. The van der Waals surface area contributed by atoms with Crippen LogP contribution in [0.4, 0.5) is 11.4 Å². The van der Waals surface area contributed by atoms with E-state index >= 15 is 0 Å². The van der Waals surface area contributed by atoms with Crippen LogP contribution in [0.5, 0.6) is 11.5 Å². The van der Waals surface area contributed by atoms with E-state index in [1.165, 1.54) is 25.4 Å². The highest BCUT2D eigenvalue weighted by atomic mass is 32.2. The molecule has 0 aromatic heterocycles. The van der Waals surface area contributed by atoms with Gasteiger partial charge in [-0.05, 0) is 61.6 Å². The molecule has 0 radical (unpaired) electrons. The average molecular weight is 502 g/mol. The van der Waals surface area contributed by atoms with Gasteiger partial charge in [-0.3, -0.25) is 9.59 Å². The SMILES string of the molecule is COc1ccc(NC(=O)[C@@H]2CCCN(S(=O)(=O)c3ccc4c(c3)CCCN4C(C)=O)C2)cc1OC. The monoisotopic (exact) mass is 501 g/mol. The molecule has 2 aliphatic rings. The summed E-state index contributed by atoms with van der Waals surface area (Å²) in [7, 11) is -0.723. The third kappa shape index (κ3) is 5.13. The van der Waals surface area contributed by atoms with Crippen molar-refractivity contribution >= 4 is 33.2 Å². The highest BCUT2D eigenvalue weighted by Gasteiger charge is 2.34. The number of benzene rings is 2. The summed E-state index contributed by atoms with van der Waals surface area (Å²) in [6, 6.07) is 10.0. The predicted molar refractivity (Wildman–Crippen MR) is 132 cm³/mol. The Morgan fingerprint density at radius 1 is 1.00 bits per heavy atom. The lowest BCUT2D eigenvalue weighted by Crippen LogP contribution is -2.43. The van der Waals surface area contributed by atoms with E-state index in [1.807, 2.05) is 0 Å². The molecule has 35 heavy (non-hydrogen) atoms. The zero-order valence-electron chi connectivity index (χ0n) is 20.2. The van der Waals surface area contributed by atoms with Gasteiger partial charge in [0.25, 0.3) is 0 Å². The Kier molecular flexibility index (Phi) is 7.32. The van der Waals surface area contributed by atoms with Gasteiger partial charge in [0.05, 0.1) is 25.0 Å². The van der Waals surface area contributed by atoms with E-state index in [4.69, 9.17) is 9.47 Å². The van der Waals surface area contributed by atoms with E-state index in [2.05, 4.69) is 5.32 Å². The molecule has 10 heteroatoms.